The molecule has 2 amide bonds. The van der Waals surface area contributed by atoms with Crippen LogP contribution in [-0.4, -0.2) is 50.1 Å². The lowest BCUT2D eigenvalue weighted by atomic mass is 10.0. The molecule has 0 aliphatic carbocycles. The van der Waals surface area contributed by atoms with Gasteiger partial charge in [-0.1, -0.05) is 25.5 Å². The first kappa shape index (κ1) is 27.8. The van der Waals surface area contributed by atoms with Crippen LogP contribution >= 0.6 is 0 Å². The maximum absolute atomic E-state index is 11.2. The van der Waals surface area contributed by atoms with E-state index in [0.717, 1.165) is 12.0 Å². The van der Waals surface area contributed by atoms with Crippen LogP contribution in [0.5, 0.6) is 0 Å². The topological polar surface area (TPSA) is 111 Å². The predicted molar refractivity (Wildman–Crippen MR) is 107 cm³/mol. The largest absolute Gasteiger partial charge is 0.467 e. The van der Waals surface area contributed by atoms with Crippen LogP contribution in [0.25, 0.3) is 0 Å². The maximum Gasteiger partial charge on any atom is 0.328 e. The van der Waals surface area contributed by atoms with Crippen molar-refractivity contribution in [2.24, 2.45) is 5.92 Å². The zero-order valence-electron chi connectivity index (χ0n) is 18.4. The Morgan fingerprint density at radius 3 is 1.57 bits per heavy atom. The Kier molecular flexibility index (Phi) is 15.6. The minimum Gasteiger partial charge on any atom is -0.467 e. The Labute approximate surface area is 168 Å². The third kappa shape index (κ3) is 15.8. The van der Waals surface area contributed by atoms with Crippen molar-refractivity contribution >= 4 is 23.8 Å². The van der Waals surface area contributed by atoms with Crippen molar-refractivity contribution in [3.8, 4) is 0 Å². The molecular weight excluding hydrogens is 364 g/mol. The van der Waals surface area contributed by atoms with Crippen LogP contribution in [-0.2, 0) is 28.7 Å². The smallest absolute Gasteiger partial charge is 0.328 e. The minimum atomic E-state index is -0.576. The van der Waals surface area contributed by atoms with Gasteiger partial charge in [-0.3, -0.25) is 9.59 Å². The minimum absolute atomic E-state index is 0.204. The molecule has 0 aromatic heterocycles. The summed E-state index contributed by atoms with van der Waals surface area (Å²) in [7, 11) is 2.63. The summed E-state index contributed by atoms with van der Waals surface area (Å²) in [5.74, 6) is -0.721. The van der Waals surface area contributed by atoms with Crippen LogP contribution in [0.15, 0.2) is 11.6 Å². The van der Waals surface area contributed by atoms with Gasteiger partial charge >= 0.3 is 11.9 Å². The molecule has 2 atom stereocenters. The van der Waals surface area contributed by atoms with Crippen LogP contribution < -0.4 is 10.6 Å². The Bertz CT molecular complexity index is 539. The van der Waals surface area contributed by atoms with Crippen molar-refractivity contribution < 1.29 is 28.7 Å². The second kappa shape index (κ2) is 15.7. The third-order valence-corrected chi connectivity index (χ3v) is 3.52. The van der Waals surface area contributed by atoms with Gasteiger partial charge in [0.1, 0.15) is 12.1 Å². The Morgan fingerprint density at radius 2 is 1.21 bits per heavy atom. The van der Waals surface area contributed by atoms with Crippen molar-refractivity contribution in [1.29, 1.82) is 0 Å². The van der Waals surface area contributed by atoms with Crippen molar-refractivity contribution in [2.45, 2.75) is 72.9 Å². The molecule has 0 heterocycles. The third-order valence-electron chi connectivity index (χ3n) is 3.52. The Hall–Kier alpha value is -2.38. The first-order chi connectivity index (χ1) is 12.9. The van der Waals surface area contributed by atoms with Gasteiger partial charge < -0.3 is 20.1 Å². The van der Waals surface area contributed by atoms with Gasteiger partial charge in [-0.25, -0.2) is 9.59 Å². The van der Waals surface area contributed by atoms with Crippen molar-refractivity contribution in [1.82, 2.24) is 10.6 Å². The van der Waals surface area contributed by atoms with Gasteiger partial charge in [0.15, 0.2) is 0 Å². The van der Waals surface area contributed by atoms with E-state index in [0.29, 0.717) is 18.8 Å². The van der Waals surface area contributed by atoms with Gasteiger partial charge in [0.05, 0.1) is 14.2 Å². The summed E-state index contributed by atoms with van der Waals surface area (Å²) in [5, 5.41) is 5.10. The highest BCUT2D eigenvalue weighted by Crippen LogP contribution is 2.07. The summed E-state index contributed by atoms with van der Waals surface area (Å²) in [5.41, 5.74) is 1.10. The van der Waals surface area contributed by atoms with Gasteiger partial charge in [0.25, 0.3) is 0 Å². The molecule has 0 spiro atoms. The van der Waals surface area contributed by atoms with Crippen molar-refractivity contribution in [3.63, 3.8) is 0 Å². The summed E-state index contributed by atoms with van der Waals surface area (Å²) in [6.45, 7) is 10.8. The lowest BCUT2D eigenvalue weighted by molar-refractivity contribution is -0.145. The fraction of sp³-hybridized carbons (Fsp3) is 0.700. The second-order valence-electron chi connectivity index (χ2n) is 7.04. The fourth-order valence-corrected chi connectivity index (χ4v) is 2.09. The predicted octanol–water partition coefficient (Wildman–Crippen LogP) is 2.12. The second-order valence-corrected chi connectivity index (χ2v) is 7.04. The maximum atomic E-state index is 11.2. The summed E-state index contributed by atoms with van der Waals surface area (Å²) in [6.07, 6.45) is 3.87. The number of rotatable bonds is 9. The monoisotopic (exact) mass is 400 g/mol. The van der Waals surface area contributed by atoms with E-state index < -0.39 is 18.1 Å². The number of methoxy groups -OCH3 is 2. The zero-order valence-corrected chi connectivity index (χ0v) is 18.4. The van der Waals surface area contributed by atoms with Crippen LogP contribution in [0.4, 0.5) is 0 Å². The van der Waals surface area contributed by atoms with Crippen LogP contribution in [0.2, 0.25) is 0 Å². The van der Waals surface area contributed by atoms with Crippen LogP contribution in [0.1, 0.15) is 60.8 Å². The van der Waals surface area contributed by atoms with Crippen LogP contribution in [0, 0.1) is 5.92 Å². The number of nitrogens with one attached hydrogen (secondary N) is 2. The number of carbonyl (C=O) groups excluding carboxylic acids is 4. The molecule has 0 saturated heterocycles. The highest BCUT2D eigenvalue weighted by molar-refractivity contribution is 5.83. The summed E-state index contributed by atoms with van der Waals surface area (Å²) >= 11 is 0. The molecule has 0 aliphatic heterocycles. The van der Waals surface area contributed by atoms with Gasteiger partial charge in [-0.2, -0.15) is 0 Å². The molecular formula is C20H36N2O6. The van der Waals surface area contributed by atoms with Gasteiger partial charge in [-0.05, 0) is 39.0 Å². The molecule has 162 valence electrons. The quantitative estimate of drug-likeness (QED) is 0.453. The highest BCUT2D eigenvalue weighted by atomic mass is 16.5. The number of hydrogen-bond acceptors (Lipinski definition) is 6. The molecule has 28 heavy (non-hydrogen) atoms. The van der Waals surface area contributed by atoms with E-state index in [1.807, 2.05) is 19.9 Å². The number of ether oxygens (including phenoxy) is 2. The van der Waals surface area contributed by atoms with Gasteiger partial charge in [0, 0.05) is 13.8 Å². The summed E-state index contributed by atoms with van der Waals surface area (Å²) in [4.78, 5) is 44.0. The van der Waals surface area contributed by atoms with Gasteiger partial charge in [-0.15, -0.1) is 0 Å². The van der Waals surface area contributed by atoms with E-state index in [1.54, 1.807) is 0 Å². The molecule has 0 radical (unpaired) electrons. The van der Waals surface area contributed by atoms with E-state index in [9.17, 15) is 19.2 Å². The molecule has 8 heteroatoms. The van der Waals surface area contributed by atoms with E-state index in [4.69, 9.17) is 0 Å². The molecule has 0 rings (SSSR count). The molecule has 8 nitrogen and oxygen atoms in total. The molecule has 1 unspecified atom stereocenters. The molecule has 0 saturated carbocycles. The molecule has 0 bridgehead atoms. The van der Waals surface area contributed by atoms with Crippen molar-refractivity contribution in [2.75, 3.05) is 14.2 Å². The summed E-state index contributed by atoms with van der Waals surface area (Å²) in [6, 6.07) is -1.08. The highest BCUT2D eigenvalue weighted by Gasteiger charge is 2.20. The Morgan fingerprint density at radius 1 is 0.786 bits per heavy atom. The van der Waals surface area contributed by atoms with E-state index >= 15 is 0 Å². The average molecular weight is 401 g/mol. The summed E-state index contributed by atoms with van der Waals surface area (Å²) < 4.78 is 9.15. The number of hydrogen-bond donors (Lipinski definition) is 2. The molecule has 0 aromatic carbocycles. The van der Waals surface area contributed by atoms with E-state index in [2.05, 4.69) is 34.0 Å². The lowest BCUT2D eigenvalue weighted by Crippen LogP contribution is -2.40. The average Bonchev–Trinajstić information content (AvgIpc) is 2.60. The number of carbonyl (C=O) groups is 4. The Balaban J connectivity index is 0. The molecule has 0 fully saturated rings. The standard InChI is InChI=1S/C10H19NO3.C10H17NO3/c2*1-7(2)5-6-9(10(13)14-4)11-8(3)12/h7,9H,5-6H2,1-4H3,(H,11,12);5,9H,6H2,1-4H3,(H,11,12)/t9-;/m0./s1. The molecule has 0 aromatic rings. The van der Waals surface area contributed by atoms with Crippen LogP contribution in [0.3, 0.4) is 0 Å². The first-order valence-corrected chi connectivity index (χ1v) is 9.27. The number of allylic oxidation sites excluding steroid dienone is 1. The lowest BCUT2D eigenvalue weighted by Gasteiger charge is -2.16. The number of esters is 2. The fourth-order valence-electron chi connectivity index (χ4n) is 2.09. The van der Waals surface area contributed by atoms with E-state index in [1.165, 1.54) is 28.1 Å². The molecule has 2 N–H and O–H groups in total. The normalized spacial score (nSPS) is 11.9. The van der Waals surface area contributed by atoms with E-state index in [-0.39, 0.29) is 17.8 Å². The number of amides is 2. The van der Waals surface area contributed by atoms with Gasteiger partial charge in [0.2, 0.25) is 11.8 Å². The first-order valence-electron chi connectivity index (χ1n) is 9.27. The zero-order chi connectivity index (χ0) is 22.3. The molecule has 0 aliphatic rings. The SMILES string of the molecule is COC(=O)C(CC=C(C)C)NC(C)=O.COC(=O)[C@H](CCC(C)C)NC(C)=O. The van der Waals surface area contributed by atoms with Crippen molar-refractivity contribution in [3.05, 3.63) is 11.6 Å².